The van der Waals surface area contributed by atoms with Crippen LogP contribution >= 0.6 is 0 Å². The molecule has 6 heteroatoms. The van der Waals surface area contributed by atoms with Crippen LogP contribution in [0.15, 0.2) is 42.5 Å². The number of nitrogens with one attached hydrogen (secondary N) is 2. The lowest BCUT2D eigenvalue weighted by molar-refractivity contribution is 0.0757. The molecule has 0 fully saturated rings. The van der Waals surface area contributed by atoms with E-state index >= 15 is 0 Å². The third-order valence-electron chi connectivity index (χ3n) is 5.57. The maximum Gasteiger partial charge on any atom is 0.251 e. The van der Waals surface area contributed by atoms with Crippen molar-refractivity contribution in [2.24, 2.45) is 0 Å². The molecule has 1 heterocycles. The van der Waals surface area contributed by atoms with Gasteiger partial charge in [0.05, 0.1) is 24.6 Å². The largest absolute Gasteiger partial charge is 0.497 e. The molecule has 31 heavy (non-hydrogen) atoms. The molecule has 0 atom stereocenters. The lowest BCUT2D eigenvalue weighted by Gasteiger charge is -2.17. The highest BCUT2D eigenvalue weighted by Crippen LogP contribution is 2.38. The van der Waals surface area contributed by atoms with E-state index in [1.54, 1.807) is 7.11 Å². The average molecular weight is 420 g/mol. The van der Waals surface area contributed by atoms with Crippen LogP contribution in [-0.2, 0) is 17.6 Å². The van der Waals surface area contributed by atoms with Gasteiger partial charge in [-0.2, -0.15) is 5.10 Å². The van der Waals surface area contributed by atoms with Crippen LogP contribution in [0.25, 0.3) is 22.5 Å². The number of aromatic amines is 1. The van der Waals surface area contributed by atoms with Crippen molar-refractivity contribution in [2.45, 2.75) is 39.2 Å². The lowest BCUT2D eigenvalue weighted by atomic mass is 9.87. The zero-order valence-corrected chi connectivity index (χ0v) is 18.3. The number of hydrogen-bond donors (Lipinski definition) is 2. The summed E-state index contributed by atoms with van der Waals surface area (Å²) in [5.74, 6) is 0.811. The van der Waals surface area contributed by atoms with Crippen LogP contribution in [0.3, 0.4) is 0 Å². The monoisotopic (exact) mass is 419 g/mol. The summed E-state index contributed by atoms with van der Waals surface area (Å²) in [6, 6.07) is 13.8. The molecule has 162 valence electrons. The molecule has 4 rings (SSSR count). The Morgan fingerprint density at radius 1 is 1.16 bits per heavy atom. The highest BCUT2D eigenvalue weighted by atomic mass is 16.5. The molecule has 1 aliphatic rings. The van der Waals surface area contributed by atoms with Crippen LogP contribution in [0, 0.1) is 0 Å². The number of H-pyrrole nitrogens is 1. The predicted octanol–water partition coefficient (Wildman–Crippen LogP) is 4.40. The van der Waals surface area contributed by atoms with E-state index in [0.29, 0.717) is 18.7 Å². The summed E-state index contributed by atoms with van der Waals surface area (Å²) >= 11 is 0. The fourth-order valence-corrected chi connectivity index (χ4v) is 3.95. The minimum atomic E-state index is -0.0666. The van der Waals surface area contributed by atoms with E-state index in [1.165, 1.54) is 16.7 Å². The Bertz CT molecular complexity index is 1050. The molecule has 0 radical (unpaired) electrons. The zero-order chi connectivity index (χ0) is 21.8. The van der Waals surface area contributed by atoms with Gasteiger partial charge in [0.15, 0.2) is 0 Å². The quantitative estimate of drug-likeness (QED) is 0.531. The van der Waals surface area contributed by atoms with Crippen molar-refractivity contribution < 1.29 is 14.3 Å². The van der Waals surface area contributed by atoms with Crippen LogP contribution in [0.1, 0.15) is 41.8 Å². The summed E-state index contributed by atoms with van der Waals surface area (Å²) in [5, 5.41) is 10.8. The summed E-state index contributed by atoms with van der Waals surface area (Å²) in [7, 11) is 1.69. The number of amides is 1. The summed E-state index contributed by atoms with van der Waals surface area (Å²) in [5.41, 5.74) is 7.36. The Morgan fingerprint density at radius 2 is 1.97 bits per heavy atom. The van der Waals surface area contributed by atoms with E-state index in [0.717, 1.165) is 42.0 Å². The first kappa shape index (κ1) is 21.1. The van der Waals surface area contributed by atoms with Gasteiger partial charge in [-0.3, -0.25) is 9.89 Å². The molecule has 2 N–H and O–H groups in total. The Labute approximate surface area is 183 Å². The number of benzene rings is 2. The normalized spacial score (nSPS) is 12.4. The lowest BCUT2D eigenvalue weighted by Crippen LogP contribution is -2.25. The molecule has 0 saturated carbocycles. The van der Waals surface area contributed by atoms with Crippen LogP contribution in [0.5, 0.6) is 5.75 Å². The van der Waals surface area contributed by atoms with Crippen LogP contribution in [0.4, 0.5) is 0 Å². The van der Waals surface area contributed by atoms with Gasteiger partial charge < -0.3 is 14.8 Å². The highest BCUT2D eigenvalue weighted by molar-refractivity contribution is 5.94. The maximum absolute atomic E-state index is 12.4. The average Bonchev–Trinajstić information content (AvgIpc) is 3.22. The molecule has 0 spiro atoms. The first-order valence-electron chi connectivity index (χ1n) is 10.8. The number of carbonyl (C=O) groups is 1. The first-order valence-corrected chi connectivity index (χ1v) is 10.8. The molecular formula is C25H29N3O3. The van der Waals surface area contributed by atoms with Gasteiger partial charge in [-0.1, -0.05) is 12.1 Å². The van der Waals surface area contributed by atoms with Gasteiger partial charge in [-0.15, -0.1) is 0 Å². The van der Waals surface area contributed by atoms with Gasteiger partial charge in [0, 0.05) is 35.4 Å². The fourth-order valence-electron chi connectivity index (χ4n) is 3.95. The van der Waals surface area contributed by atoms with E-state index in [2.05, 4.69) is 27.6 Å². The van der Waals surface area contributed by atoms with Gasteiger partial charge in [0.1, 0.15) is 5.75 Å². The topological polar surface area (TPSA) is 76.2 Å². The molecule has 1 aliphatic carbocycles. The Hall–Kier alpha value is -3.12. The second kappa shape index (κ2) is 9.35. The Kier molecular flexibility index (Phi) is 6.37. The summed E-state index contributed by atoms with van der Waals surface area (Å²) in [4.78, 5) is 12.4. The number of rotatable bonds is 8. The standard InChI is InChI=1S/C25H29N3O3/c1-16(2)31-14-4-13-26-25(29)18-7-5-17(6-8-18)23-22-11-9-19-15-20(30-3)10-12-21(19)24(22)28-27-23/h5-8,10,12,15-16H,4,9,11,13-14H2,1-3H3,(H,26,29)(H,27,28). The molecule has 1 amide bonds. The molecule has 0 bridgehead atoms. The van der Waals surface area contributed by atoms with E-state index in [4.69, 9.17) is 9.47 Å². The van der Waals surface area contributed by atoms with Crippen molar-refractivity contribution in [3.05, 3.63) is 59.2 Å². The maximum atomic E-state index is 12.4. The predicted molar refractivity (Wildman–Crippen MR) is 121 cm³/mol. The number of aromatic nitrogens is 2. The van der Waals surface area contributed by atoms with Gasteiger partial charge in [0.25, 0.3) is 5.91 Å². The van der Waals surface area contributed by atoms with Crippen LogP contribution in [0.2, 0.25) is 0 Å². The molecule has 1 aromatic heterocycles. The molecule has 0 saturated heterocycles. The number of hydrogen-bond acceptors (Lipinski definition) is 4. The van der Waals surface area contributed by atoms with Crippen molar-refractivity contribution in [1.82, 2.24) is 15.5 Å². The second-order valence-electron chi connectivity index (χ2n) is 8.06. The smallest absolute Gasteiger partial charge is 0.251 e. The molecule has 6 nitrogen and oxygen atoms in total. The molecule has 0 unspecified atom stereocenters. The van der Waals surface area contributed by atoms with Gasteiger partial charge >= 0.3 is 0 Å². The van der Waals surface area contributed by atoms with E-state index in [-0.39, 0.29) is 12.0 Å². The van der Waals surface area contributed by atoms with Crippen molar-refractivity contribution in [3.8, 4) is 28.3 Å². The summed E-state index contributed by atoms with van der Waals surface area (Å²) < 4.78 is 10.9. The van der Waals surface area contributed by atoms with E-state index < -0.39 is 0 Å². The fraction of sp³-hybridized carbons (Fsp3) is 0.360. The molecular weight excluding hydrogens is 390 g/mol. The van der Waals surface area contributed by atoms with Gasteiger partial charge in [0.2, 0.25) is 0 Å². The van der Waals surface area contributed by atoms with Crippen molar-refractivity contribution in [2.75, 3.05) is 20.3 Å². The Morgan fingerprint density at radius 3 is 2.71 bits per heavy atom. The Balaban J connectivity index is 1.45. The summed E-state index contributed by atoms with van der Waals surface area (Å²) in [6.45, 7) is 5.26. The van der Waals surface area contributed by atoms with Gasteiger partial charge in [-0.25, -0.2) is 0 Å². The van der Waals surface area contributed by atoms with Gasteiger partial charge in [-0.05, 0) is 69.0 Å². The molecule has 2 aromatic carbocycles. The number of fused-ring (bicyclic) bond motifs is 3. The summed E-state index contributed by atoms with van der Waals surface area (Å²) in [6.07, 6.45) is 2.89. The number of methoxy groups -OCH3 is 1. The SMILES string of the molecule is COc1ccc2c(c1)CCc1c(-c3ccc(C(=O)NCCCOC(C)C)cc3)n[nH]c1-2. The second-order valence-corrected chi connectivity index (χ2v) is 8.06. The minimum absolute atomic E-state index is 0.0666. The number of nitrogens with zero attached hydrogens (tertiary/aromatic N) is 1. The van der Waals surface area contributed by atoms with Crippen molar-refractivity contribution in [1.29, 1.82) is 0 Å². The van der Waals surface area contributed by atoms with E-state index in [9.17, 15) is 4.79 Å². The van der Waals surface area contributed by atoms with E-state index in [1.807, 2.05) is 44.2 Å². The number of aryl methyl sites for hydroxylation is 1. The zero-order valence-electron chi connectivity index (χ0n) is 18.3. The molecule has 0 aliphatic heterocycles. The highest BCUT2D eigenvalue weighted by Gasteiger charge is 2.23. The number of carbonyl (C=O) groups excluding carboxylic acids is 1. The van der Waals surface area contributed by atoms with Crippen molar-refractivity contribution >= 4 is 5.91 Å². The van der Waals surface area contributed by atoms with Crippen LogP contribution < -0.4 is 10.1 Å². The van der Waals surface area contributed by atoms with Crippen LogP contribution in [-0.4, -0.2) is 42.5 Å². The first-order chi connectivity index (χ1) is 15.1. The third-order valence-corrected chi connectivity index (χ3v) is 5.57. The number of ether oxygens (including phenoxy) is 2. The molecule has 3 aromatic rings. The van der Waals surface area contributed by atoms with Crippen molar-refractivity contribution in [3.63, 3.8) is 0 Å². The third kappa shape index (κ3) is 4.64. The minimum Gasteiger partial charge on any atom is -0.497 e.